The van der Waals surface area contributed by atoms with Gasteiger partial charge in [0, 0.05) is 11.0 Å². The normalized spacial score (nSPS) is 11.5. The Morgan fingerprint density at radius 2 is 1.71 bits per heavy atom. The van der Waals surface area contributed by atoms with E-state index in [0.29, 0.717) is 0 Å². The summed E-state index contributed by atoms with van der Waals surface area (Å²) in [6.45, 7) is 8.31. The molecule has 0 amide bonds. The maximum Gasteiger partial charge on any atom is 0.185 e. The molecule has 0 saturated heterocycles. The zero-order valence-corrected chi connectivity index (χ0v) is 11.0. The van der Waals surface area contributed by atoms with Crippen molar-refractivity contribution in [2.45, 2.75) is 27.7 Å². The van der Waals surface area contributed by atoms with Gasteiger partial charge in [-0.1, -0.05) is 61.9 Å². The number of carbonyl (C=O) groups excluding carboxylic acids is 1. The molecule has 1 aromatic rings. The molecule has 0 N–H and O–H groups in total. The van der Waals surface area contributed by atoms with Crippen LogP contribution in [0.15, 0.2) is 54.1 Å². The van der Waals surface area contributed by atoms with Crippen LogP contribution in [0.2, 0.25) is 0 Å². The summed E-state index contributed by atoms with van der Waals surface area (Å²) in [4.78, 5) is 11.9. The highest BCUT2D eigenvalue weighted by Crippen LogP contribution is 2.21. The van der Waals surface area contributed by atoms with Crippen molar-refractivity contribution in [1.29, 1.82) is 0 Å². The zero-order chi connectivity index (χ0) is 12.9. The van der Waals surface area contributed by atoms with E-state index in [4.69, 9.17) is 0 Å². The van der Waals surface area contributed by atoms with E-state index in [2.05, 4.69) is 33.8 Å². The van der Waals surface area contributed by atoms with Crippen molar-refractivity contribution in [3.63, 3.8) is 0 Å². The van der Waals surface area contributed by atoms with Crippen LogP contribution in [0.25, 0.3) is 0 Å². The van der Waals surface area contributed by atoms with E-state index in [1.54, 1.807) is 6.08 Å². The summed E-state index contributed by atoms with van der Waals surface area (Å²) >= 11 is 0. The van der Waals surface area contributed by atoms with E-state index in [-0.39, 0.29) is 11.2 Å². The topological polar surface area (TPSA) is 17.1 Å². The minimum atomic E-state index is -0.0801. The van der Waals surface area contributed by atoms with Crippen LogP contribution in [0.4, 0.5) is 0 Å². The number of hydrogen-bond acceptors (Lipinski definition) is 1. The molecule has 0 unspecified atom stereocenters. The van der Waals surface area contributed by atoms with Gasteiger partial charge in [-0.2, -0.15) is 0 Å². The Bertz CT molecular complexity index is 432. The van der Waals surface area contributed by atoms with Crippen molar-refractivity contribution < 1.29 is 4.79 Å². The van der Waals surface area contributed by atoms with Gasteiger partial charge in [-0.3, -0.25) is 4.79 Å². The predicted molar refractivity (Wildman–Crippen MR) is 73.1 cm³/mol. The summed E-state index contributed by atoms with van der Waals surface area (Å²) in [5.41, 5.74) is 1.91. The third-order valence-electron chi connectivity index (χ3n) is 2.38. The van der Waals surface area contributed by atoms with E-state index in [9.17, 15) is 4.79 Å². The van der Waals surface area contributed by atoms with E-state index in [0.717, 1.165) is 5.56 Å². The Morgan fingerprint density at radius 3 is 2.24 bits per heavy atom. The smallest absolute Gasteiger partial charge is 0.185 e. The molecule has 0 aliphatic carbocycles. The second kappa shape index (κ2) is 5.62. The molecule has 0 saturated carbocycles. The van der Waals surface area contributed by atoms with E-state index < -0.39 is 0 Å². The fourth-order valence-corrected chi connectivity index (χ4v) is 1.78. The molecule has 0 aliphatic rings. The molecule has 0 spiro atoms. The first-order chi connectivity index (χ1) is 7.91. The number of ketones is 1. The van der Waals surface area contributed by atoms with Gasteiger partial charge in [0.25, 0.3) is 0 Å². The van der Waals surface area contributed by atoms with E-state index in [1.807, 2.05) is 36.4 Å². The summed E-state index contributed by atoms with van der Waals surface area (Å²) in [6.07, 6.45) is 5.77. The summed E-state index contributed by atoms with van der Waals surface area (Å²) in [5, 5.41) is 0. The summed E-state index contributed by atoms with van der Waals surface area (Å²) < 4.78 is 0. The third-order valence-corrected chi connectivity index (χ3v) is 2.38. The van der Waals surface area contributed by atoms with Gasteiger partial charge in [-0.15, -0.1) is 0 Å². The first-order valence-electron chi connectivity index (χ1n) is 5.85. The van der Waals surface area contributed by atoms with Gasteiger partial charge in [0.2, 0.25) is 0 Å². The molecule has 1 heteroatoms. The molecule has 1 aromatic carbocycles. The summed E-state index contributed by atoms with van der Waals surface area (Å²) in [5.74, 6) is 0.0563. The number of rotatable bonds is 4. The van der Waals surface area contributed by atoms with Crippen LogP contribution in [0.1, 0.15) is 38.1 Å². The van der Waals surface area contributed by atoms with E-state index >= 15 is 0 Å². The van der Waals surface area contributed by atoms with Crippen LogP contribution in [0.3, 0.4) is 0 Å². The Hall–Kier alpha value is -1.63. The Morgan fingerprint density at radius 1 is 1.12 bits per heavy atom. The van der Waals surface area contributed by atoms with Gasteiger partial charge < -0.3 is 0 Å². The molecule has 0 fully saturated rings. The van der Waals surface area contributed by atoms with Crippen molar-refractivity contribution in [2.24, 2.45) is 5.41 Å². The Kier molecular flexibility index (Phi) is 4.45. The van der Waals surface area contributed by atoms with Crippen molar-refractivity contribution in [3.05, 3.63) is 59.7 Å². The Labute approximate surface area is 104 Å². The van der Waals surface area contributed by atoms with Gasteiger partial charge in [-0.25, -0.2) is 0 Å². The van der Waals surface area contributed by atoms with Crippen LogP contribution >= 0.6 is 0 Å². The van der Waals surface area contributed by atoms with Crippen LogP contribution < -0.4 is 0 Å². The molecule has 0 aromatic heterocycles. The second-order valence-corrected chi connectivity index (χ2v) is 5.11. The van der Waals surface area contributed by atoms with Crippen LogP contribution in [-0.4, -0.2) is 5.78 Å². The lowest BCUT2D eigenvalue weighted by Crippen LogP contribution is -2.05. The first kappa shape index (κ1) is 13.4. The van der Waals surface area contributed by atoms with Crippen molar-refractivity contribution >= 4 is 5.78 Å². The average Bonchev–Trinajstić information content (AvgIpc) is 2.25. The van der Waals surface area contributed by atoms with Gasteiger partial charge in [0.05, 0.1) is 0 Å². The zero-order valence-electron chi connectivity index (χ0n) is 11.0. The molecule has 0 aliphatic heterocycles. The standard InChI is InChI=1S/C16H20O/c1-13(2)12-16(3,4)11-10-15(17)14-8-6-5-7-9-14/h5-12H,1-4H3/b11-10+. The molecule has 0 radical (unpaired) electrons. The molecule has 1 nitrogen and oxygen atoms in total. The monoisotopic (exact) mass is 228 g/mol. The predicted octanol–water partition coefficient (Wildman–Crippen LogP) is 4.42. The van der Waals surface area contributed by atoms with Crippen LogP contribution in [-0.2, 0) is 0 Å². The number of allylic oxidation sites excluding steroid dienone is 4. The highest BCUT2D eigenvalue weighted by molar-refractivity contribution is 6.04. The maximum atomic E-state index is 11.9. The van der Waals surface area contributed by atoms with Crippen LogP contribution in [0.5, 0.6) is 0 Å². The molecule has 90 valence electrons. The fourth-order valence-electron chi connectivity index (χ4n) is 1.78. The quantitative estimate of drug-likeness (QED) is 0.423. The molecule has 17 heavy (non-hydrogen) atoms. The molecule has 0 heterocycles. The van der Waals surface area contributed by atoms with E-state index in [1.165, 1.54) is 5.57 Å². The minimum absolute atomic E-state index is 0.0563. The van der Waals surface area contributed by atoms with Crippen molar-refractivity contribution in [1.82, 2.24) is 0 Å². The maximum absolute atomic E-state index is 11.9. The molecular weight excluding hydrogens is 208 g/mol. The first-order valence-corrected chi connectivity index (χ1v) is 5.85. The Balaban J connectivity index is 2.79. The number of carbonyl (C=O) groups is 1. The molecule has 0 bridgehead atoms. The number of hydrogen-bond donors (Lipinski definition) is 0. The molecular formula is C16H20O. The second-order valence-electron chi connectivity index (χ2n) is 5.11. The molecule has 0 atom stereocenters. The third kappa shape index (κ3) is 4.81. The summed E-state index contributed by atoms with van der Waals surface area (Å²) in [6, 6.07) is 9.33. The van der Waals surface area contributed by atoms with Gasteiger partial charge >= 0.3 is 0 Å². The van der Waals surface area contributed by atoms with Crippen molar-refractivity contribution in [2.75, 3.05) is 0 Å². The SMILES string of the molecule is CC(C)=CC(C)(C)/C=C/C(=O)c1ccccc1. The highest BCUT2D eigenvalue weighted by Gasteiger charge is 2.10. The molecule has 1 rings (SSSR count). The fraction of sp³-hybridized carbons (Fsp3) is 0.312. The largest absolute Gasteiger partial charge is 0.289 e. The van der Waals surface area contributed by atoms with Crippen molar-refractivity contribution in [3.8, 4) is 0 Å². The minimum Gasteiger partial charge on any atom is -0.289 e. The van der Waals surface area contributed by atoms with Gasteiger partial charge in [0.1, 0.15) is 0 Å². The lowest BCUT2D eigenvalue weighted by Gasteiger charge is -2.15. The van der Waals surface area contributed by atoms with Gasteiger partial charge in [-0.05, 0) is 19.9 Å². The average molecular weight is 228 g/mol. The lowest BCUT2D eigenvalue weighted by molar-refractivity contribution is 0.104. The number of benzene rings is 1. The highest BCUT2D eigenvalue weighted by atomic mass is 16.1. The van der Waals surface area contributed by atoms with Gasteiger partial charge in [0.15, 0.2) is 5.78 Å². The van der Waals surface area contributed by atoms with Crippen LogP contribution in [0, 0.1) is 5.41 Å². The summed E-state index contributed by atoms with van der Waals surface area (Å²) in [7, 11) is 0. The lowest BCUT2D eigenvalue weighted by atomic mass is 9.90.